The zero-order valence-corrected chi connectivity index (χ0v) is 19.1. The van der Waals surface area contributed by atoms with Gasteiger partial charge in [0.25, 0.3) is 5.91 Å². The molecule has 0 saturated heterocycles. The molecule has 2 heterocycles. The maximum atomic E-state index is 13.2. The fraction of sp³-hybridized carbons (Fsp3) is 0.231. The lowest BCUT2D eigenvalue weighted by atomic mass is 10.1. The van der Waals surface area contributed by atoms with Crippen LogP contribution in [-0.2, 0) is 23.1 Å². The standard InChI is InChI=1S/C26H26N4O3/c1-17-23-21(15-22(20-13-9-6-10-14-20)27-24(23)30(4)28-17)26(32)33-18(2)25(31)29(3)16-19-11-7-5-8-12-19/h5-15,18H,16H2,1-4H3. The number of nitrogens with zero attached hydrogens (tertiary/aromatic N) is 4. The number of carbonyl (C=O) groups is 2. The van der Waals surface area contributed by atoms with Crippen molar-refractivity contribution in [3.8, 4) is 11.3 Å². The Kier molecular flexibility index (Phi) is 6.22. The summed E-state index contributed by atoms with van der Waals surface area (Å²) in [4.78, 5) is 32.4. The maximum absolute atomic E-state index is 13.2. The predicted molar refractivity (Wildman–Crippen MR) is 126 cm³/mol. The Bertz CT molecular complexity index is 1300. The number of fused-ring (bicyclic) bond motifs is 1. The molecule has 0 aliphatic heterocycles. The van der Waals surface area contributed by atoms with E-state index in [4.69, 9.17) is 9.72 Å². The van der Waals surface area contributed by atoms with Crippen molar-refractivity contribution in [1.82, 2.24) is 19.7 Å². The molecule has 0 bridgehead atoms. The van der Waals surface area contributed by atoms with Crippen LogP contribution < -0.4 is 0 Å². The Labute approximate surface area is 192 Å². The topological polar surface area (TPSA) is 77.3 Å². The summed E-state index contributed by atoms with van der Waals surface area (Å²) >= 11 is 0. The van der Waals surface area contributed by atoms with Crippen LogP contribution in [0.4, 0.5) is 0 Å². The van der Waals surface area contributed by atoms with Crippen LogP contribution in [0.25, 0.3) is 22.3 Å². The molecule has 168 valence electrons. The van der Waals surface area contributed by atoms with Gasteiger partial charge in [-0.15, -0.1) is 0 Å². The highest BCUT2D eigenvalue weighted by Crippen LogP contribution is 2.27. The normalized spacial score (nSPS) is 11.9. The first kappa shape index (κ1) is 22.2. The molecule has 4 rings (SSSR count). The molecule has 0 fully saturated rings. The molecule has 0 N–H and O–H groups in total. The summed E-state index contributed by atoms with van der Waals surface area (Å²) in [7, 11) is 3.49. The Morgan fingerprint density at radius 3 is 2.36 bits per heavy atom. The van der Waals surface area contributed by atoms with Gasteiger partial charge in [0.05, 0.1) is 22.3 Å². The molecule has 1 unspecified atom stereocenters. The van der Waals surface area contributed by atoms with Gasteiger partial charge in [-0.25, -0.2) is 9.78 Å². The number of carbonyl (C=O) groups excluding carboxylic acids is 2. The summed E-state index contributed by atoms with van der Waals surface area (Å²) in [6, 6.07) is 21.0. The first-order chi connectivity index (χ1) is 15.8. The van der Waals surface area contributed by atoms with E-state index in [9.17, 15) is 9.59 Å². The van der Waals surface area contributed by atoms with Crippen molar-refractivity contribution in [2.24, 2.45) is 7.05 Å². The SMILES string of the molecule is Cc1nn(C)c2nc(-c3ccccc3)cc(C(=O)OC(C)C(=O)N(C)Cc3ccccc3)c12. The van der Waals surface area contributed by atoms with Crippen LogP contribution in [0.3, 0.4) is 0 Å². The zero-order valence-electron chi connectivity index (χ0n) is 19.1. The van der Waals surface area contributed by atoms with Gasteiger partial charge in [-0.1, -0.05) is 60.7 Å². The van der Waals surface area contributed by atoms with Crippen molar-refractivity contribution >= 4 is 22.9 Å². The smallest absolute Gasteiger partial charge is 0.339 e. The average molecular weight is 443 g/mol. The van der Waals surface area contributed by atoms with E-state index >= 15 is 0 Å². The van der Waals surface area contributed by atoms with E-state index < -0.39 is 12.1 Å². The van der Waals surface area contributed by atoms with Crippen LogP contribution in [0.2, 0.25) is 0 Å². The Morgan fingerprint density at radius 1 is 1.06 bits per heavy atom. The number of rotatable bonds is 6. The van der Waals surface area contributed by atoms with Crippen molar-refractivity contribution in [1.29, 1.82) is 0 Å². The fourth-order valence-electron chi connectivity index (χ4n) is 3.88. The van der Waals surface area contributed by atoms with E-state index in [1.54, 1.807) is 36.7 Å². The van der Waals surface area contributed by atoms with E-state index in [0.717, 1.165) is 11.1 Å². The van der Waals surface area contributed by atoms with Crippen molar-refractivity contribution in [2.75, 3.05) is 7.05 Å². The van der Waals surface area contributed by atoms with Crippen molar-refractivity contribution in [3.05, 3.63) is 83.6 Å². The molecule has 2 aromatic carbocycles. The lowest BCUT2D eigenvalue weighted by Gasteiger charge is -2.22. The van der Waals surface area contributed by atoms with Gasteiger partial charge >= 0.3 is 5.97 Å². The van der Waals surface area contributed by atoms with Gasteiger partial charge in [0, 0.05) is 26.2 Å². The molecule has 33 heavy (non-hydrogen) atoms. The quantitative estimate of drug-likeness (QED) is 0.419. The molecule has 7 nitrogen and oxygen atoms in total. The Balaban J connectivity index is 1.61. The summed E-state index contributed by atoms with van der Waals surface area (Å²) in [5, 5.41) is 5.05. The molecule has 0 aliphatic carbocycles. The second-order valence-electron chi connectivity index (χ2n) is 8.06. The second kappa shape index (κ2) is 9.24. The summed E-state index contributed by atoms with van der Waals surface area (Å²) in [5.74, 6) is -0.853. The molecule has 0 spiro atoms. The minimum absolute atomic E-state index is 0.274. The van der Waals surface area contributed by atoms with Gasteiger partial charge in [0.15, 0.2) is 11.8 Å². The average Bonchev–Trinajstić information content (AvgIpc) is 3.12. The van der Waals surface area contributed by atoms with E-state index in [1.807, 2.05) is 67.6 Å². The fourth-order valence-corrected chi connectivity index (χ4v) is 3.88. The minimum atomic E-state index is -0.938. The third-order valence-electron chi connectivity index (χ3n) is 5.53. The van der Waals surface area contributed by atoms with E-state index in [-0.39, 0.29) is 5.91 Å². The highest BCUT2D eigenvalue weighted by atomic mass is 16.5. The van der Waals surface area contributed by atoms with Gasteiger partial charge in [-0.2, -0.15) is 5.10 Å². The van der Waals surface area contributed by atoms with Gasteiger partial charge in [-0.05, 0) is 25.5 Å². The summed E-state index contributed by atoms with van der Waals surface area (Å²) in [6.45, 7) is 3.85. The lowest BCUT2D eigenvalue weighted by Crippen LogP contribution is -2.37. The molecule has 1 atom stereocenters. The molecular weight excluding hydrogens is 416 g/mol. The highest BCUT2D eigenvalue weighted by molar-refractivity contribution is 6.05. The molecular formula is C26H26N4O3. The number of amides is 1. The van der Waals surface area contributed by atoms with Gasteiger partial charge in [-0.3, -0.25) is 9.48 Å². The molecule has 4 aromatic rings. The number of aryl methyl sites for hydroxylation is 2. The van der Waals surface area contributed by atoms with Gasteiger partial charge < -0.3 is 9.64 Å². The second-order valence-corrected chi connectivity index (χ2v) is 8.06. The summed E-state index contributed by atoms with van der Waals surface area (Å²) in [6.07, 6.45) is -0.938. The third-order valence-corrected chi connectivity index (χ3v) is 5.53. The number of pyridine rings is 1. The highest BCUT2D eigenvalue weighted by Gasteiger charge is 2.26. The molecule has 0 radical (unpaired) electrons. The van der Waals surface area contributed by atoms with Crippen molar-refractivity contribution < 1.29 is 14.3 Å². The first-order valence-electron chi connectivity index (χ1n) is 10.7. The number of hydrogen-bond acceptors (Lipinski definition) is 5. The number of benzene rings is 2. The third kappa shape index (κ3) is 4.62. The van der Waals surface area contributed by atoms with Crippen LogP contribution in [0.5, 0.6) is 0 Å². The Hall–Kier alpha value is -4.00. The van der Waals surface area contributed by atoms with Gasteiger partial charge in [0.1, 0.15) is 0 Å². The van der Waals surface area contributed by atoms with Crippen LogP contribution in [0.1, 0.15) is 28.5 Å². The summed E-state index contributed by atoms with van der Waals surface area (Å²) < 4.78 is 7.27. The van der Waals surface area contributed by atoms with Crippen LogP contribution in [0.15, 0.2) is 66.7 Å². The molecule has 7 heteroatoms. The molecule has 1 amide bonds. The first-order valence-corrected chi connectivity index (χ1v) is 10.7. The molecule has 0 saturated carbocycles. The number of hydrogen-bond donors (Lipinski definition) is 0. The molecule has 0 aliphatic rings. The number of esters is 1. The van der Waals surface area contributed by atoms with E-state index in [1.165, 1.54) is 0 Å². The largest absolute Gasteiger partial charge is 0.449 e. The zero-order chi connectivity index (χ0) is 23.5. The lowest BCUT2D eigenvalue weighted by molar-refractivity contribution is -0.139. The van der Waals surface area contributed by atoms with E-state index in [0.29, 0.717) is 34.5 Å². The number of aromatic nitrogens is 3. The van der Waals surface area contributed by atoms with Crippen molar-refractivity contribution in [2.45, 2.75) is 26.5 Å². The molecule has 2 aromatic heterocycles. The number of likely N-dealkylation sites (N-methyl/N-ethyl adjacent to an activating group) is 1. The van der Waals surface area contributed by atoms with Crippen LogP contribution in [0, 0.1) is 6.92 Å². The van der Waals surface area contributed by atoms with Crippen LogP contribution in [-0.4, -0.2) is 44.7 Å². The van der Waals surface area contributed by atoms with E-state index in [2.05, 4.69) is 5.10 Å². The predicted octanol–water partition coefficient (Wildman–Crippen LogP) is 4.15. The minimum Gasteiger partial charge on any atom is -0.449 e. The Morgan fingerprint density at radius 2 is 1.70 bits per heavy atom. The van der Waals surface area contributed by atoms with Crippen LogP contribution >= 0.6 is 0 Å². The monoisotopic (exact) mass is 442 g/mol. The maximum Gasteiger partial charge on any atom is 0.339 e. The van der Waals surface area contributed by atoms with Crippen molar-refractivity contribution in [3.63, 3.8) is 0 Å². The number of ether oxygens (including phenoxy) is 1. The summed E-state index contributed by atoms with van der Waals surface area (Å²) in [5.41, 5.74) is 4.11. The van der Waals surface area contributed by atoms with Gasteiger partial charge in [0.2, 0.25) is 0 Å².